The van der Waals surface area contributed by atoms with Gasteiger partial charge in [-0.1, -0.05) is 20.8 Å². The molecule has 0 bridgehead atoms. The van der Waals surface area contributed by atoms with Crippen LogP contribution in [0.1, 0.15) is 52.9 Å². The van der Waals surface area contributed by atoms with E-state index in [2.05, 4.69) is 36.3 Å². The Morgan fingerprint density at radius 1 is 1.27 bits per heavy atom. The summed E-state index contributed by atoms with van der Waals surface area (Å²) < 4.78 is 0. The third kappa shape index (κ3) is 5.54. The molecule has 4 heteroatoms. The third-order valence-corrected chi connectivity index (χ3v) is 5.51. The fraction of sp³-hybridized carbons (Fsp3) is 0.944. The van der Waals surface area contributed by atoms with Crippen LogP contribution < -0.4 is 10.6 Å². The summed E-state index contributed by atoms with van der Waals surface area (Å²) in [6, 6.07) is 0.490. The second-order valence-electron chi connectivity index (χ2n) is 7.73. The standard InChI is InChI=1S/C18H35N3O/c1-14(2)17(21-10-7-15(3)8-11-21)13-20-18(22)5-4-16-6-9-19-12-16/h14-17,19H,4-13H2,1-3H3,(H,20,22). The number of nitrogens with one attached hydrogen (secondary N) is 2. The number of likely N-dealkylation sites (tertiary alicyclic amines) is 1. The molecule has 0 aromatic rings. The van der Waals surface area contributed by atoms with Crippen molar-refractivity contribution in [1.29, 1.82) is 0 Å². The minimum absolute atomic E-state index is 0.239. The number of hydrogen-bond acceptors (Lipinski definition) is 3. The number of piperidine rings is 1. The van der Waals surface area contributed by atoms with Crippen LogP contribution in [0.3, 0.4) is 0 Å². The smallest absolute Gasteiger partial charge is 0.220 e. The van der Waals surface area contributed by atoms with Crippen LogP contribution in [0.2, 0.25) is 0 Å². The van der Waals surface area contributed by atoms with Gasteiger partial charge in [0, 0.05) is 19.0 Å². The van der Waals surface area contributed by atoms with Crippen LogP contribution in [-0.2, 0) is 4.79 Å². The van der Waals surface area contributed by atoms with Crippen LogP contribution >= 0.6 is 0 Å². The SMILES string of the molecule is CC1CCN(C(CNC(=O)CCC2CCNC2)C(C)C)CC1. The lowest BCUT2D eigenvalue weighted by Crippen LogP contribution is -2.49. The Bertz CT molecular complexity index is 331. The highest BCUT2D eigenvalue weighted by Crippen LogP contribution is 2.21. The van der Waals surface area contributed by atoms with Crippen molar-refractivity contribution in [3.8, 4) is 0 Å². The number of rotatable bonds is 7. The summed E-state index contributed by atoms with van der Waals surface area (Å²) >= 11 is 0. The highest BCUT2D eigenvalue weighted by molar-refractivity contribution is 5.75. The van der Waals surface area contributed by atoms with Crippen molar-refractivity contribution < 1.29 is 4.79 Å². The third-order valence-electron chi connectivity index (χ3n) is 5.51. The van der Waals surface area contributed by atoms with Crippen molar-refractivity contribution in [3.05, 3.63) is 0 Å². The lowest BCUT2D eigenvalue weighted by Gasteiger charge is -2.39. The molecule has 0 radical (unpaired) electrons. The Morgan fingerprint density at radius 3 is 2.59 bits per heavy atom. The first-order valence-electron chi connectivity index (χ1n) is 9.27. The van der Waals surface area contributed by atoms with Gasteiger partial charge in [0.15, 0.2) is 0 Å². The highest BCUT2D eigenvalue weighted by Gasteiger charge is 2.26. The summed E-state index contributed by atoms with van der Waals surface area (Å²) in [6.07, 6.45) is 5.55. The first-order valence-corrected chi connectivity index (χ1v) is 9.27. The second-order valence-corrected chi connectivity index (χ2v) is 7.73. The lowest BCUT2D eigenvalue weighted by atomic mass is 9.94. The Labute approximate surface area is 136 Å². The average Bonchev–Trinajstić information content (AvgIpc) is 3.00. The van der Waals surface area contributed by atoms with Gasteiger partial charge in [-0.05, 0) is 69.6 Å². The molecule has 2 aliphatic heterocycles. The molecule has 0 aromatic carbocycles. The van der Waals surface area contributed by atoms with Gasteiger partial charge < -0.3 is 10.6 Å². The normalized spacial score (nSPS) is 25.5. The molecule has 2 N–H and O–H groups in total. The van der Waals surface area contributed by atoms with Crippen LogP contribution in [-0.4, -0.2) is 49.6 Å². The molecule has 2 aliphatic rings. The molecular weight excluding hydrogens is 274 g/mol. The number of carbonyl (C=O) groups is 1. The molecule has 22 heavy (non-hydrogen) atoms. The van der Waals surface area contributed by atoms with Crippen molar-refractivity contribution in [1.82, 2.24) is 15.5 Å². The van der Waals surface area contributed by atoms with Gasteiger partial charge in [0.2, 0.25) is 5.91 Å². The van der Waals surface area contributed by atoms with Gasteiger partial charge in [-0.25, -0.2) is 0 Å². The molecule has 4 nitrogen and oxygen atoms in total. The maximum Gasteiger partial charge on any atom is 0.220 e. The molecule has 2 heterocycles. The quantitative estimate of drug-likeness (QED) is 0.758. The number of nitrogens with zero attached hydrogens (tertiary/aromatic N) is 1. The first-order chi connectivity index (χ1) is 10.6. The molecule has 0 aliphatic carbocycles. The molecule has 2 atom stereocenters. The Morgan fingerprint density at radius 2 is 2.00 bits per heavy atom. The van der Waals surface area contributed by atoms with E-state index in [1.54, 1.807) is 0 Å². The fourth-order valence-electron chi connectivity index (χ4n) is 3.75. The van der Waals surface area contributed by atoms with Gasteiger partial charge in [0.05, 0.1) is 0 Å². The van der Waals surface area contributed by atoms with E-state index in [9.17, 15) is 4.79 Å². The van der Waals surface area contributed by atoms with Gasteiger partial charge in [0.1, 0.15) is 0 Å². The number of hydrogen-bond donors (Lipinski definition) is 2. The van der Waals surface area contributed by atoms with Crippen LogP contribution in [0.4, 0.5) is 0 Å². The van der Waals surface area contributed by atoms with Gasteiger partial charge in [-0.2, -0.15) is 0 Å². The molecule has 2 fully saturated rings. The summed E-state index contributed by atoms with van der Waals surface area (Å²) in [7, 11) is 0. The van der Waals surface area contributed by atoms with Gasteiger partial charge >= 0.3 is 0 Å². The second kappa shape index (κ2) is 8.88. The molecule has 0 saturated carbocycles. The van der Waals surface area contributed by atoms with E-state index in [1.165, 1.54) is 32.4 Å². The van der Waals surface area contributed by atoms with Crippen molar-refractivity contribution in [2.24, 2.45) is 17.8 Å². The van der Waals surface area contributed by atoms with Gasteiger partial charge in [0.25, 0.3) is 0 Å². The molecule has 1 amide bonds. The monoisotopic (exact) mass is 309 g/mol. The van der Waals surface area contributed by atoms with Crippen LogP contribution in [0.25, 0.3) is 0 Å². The summed E-state index contributed by atoms with van der Waals surface area (Å²) in [5.41, 5.74) is 0. The summed E-state index contributed by atoms with van der Waals surface area (Å²) in [5, 5.41) is 6.56. The number of carbonyl (C=O) groups excluding carboxylic acids is 1. The first kappa shape index (κ1) is 17.7. The molecule has 2 unspecified atom stereocenters. The van der Waals surface area contributed by atoms with Gasteiger partial charge in [-0.15, -0.1) is 0 Å². The Balaban J connectivity index is 1.70. The van der Waals surface area contributed by atoms with Crippen LogP contribution in [0.15, 0.2) is 0 Å². The minimum atomic E-state index is 0.239. The fourth-order valence-corrected chi connectivity index (χ4v) is 3.75. The van der Waals surface area contributed by atoms with Crippen molar-refractivity contribution in [2.75, 3.05) is 32.7 Å². The zero-order valence-corrected chi connectivity index (χ0v) is 14.7. The molecule has 0 aromatic heterocycles. The molecule has 0 spiro atoms. The largest absolute Gasteiger partial charge is 0.355 e. The predicted molar refractivity (Wildman–Crippen MR) is 91.8 cm³/mol. The van der Waals surface area contributed by atoms with E-state index < -0.39 is 0 Å². The van der Waals surface area contributed by atoms with E-state index in [4.69, 9.17) is 0 Å². The average molecular weight is 309 g/mol. The van der Waals surface area contributed by atoms with Crippen molar-refractivity contribution in [2.45, 2.75) is 58.9 Å². The van der Waals surface area contributed by atoms with Crippen molar-refractivity contribution >= 4 is 5.91 Å². The zero-order chi connectivity index (χ0) is 15.9. The molecule has 2 saturated heterocycles. The maximum absolute atomic E-state index is 12.1. The summed E-state index contributed by atoms with van der Waals surface area (Å²) in [4.78, 5) is 14.7. The number of amides is 1. The molecule has 2 rings (SSSR count). The Kier molecular flexibility index (Phi) is 7.16. The van der Waals surface area contributed by atoms with E-state index in [0.717, 1.165) is 32.0 Å². The van der Waals surface area contributed by atoms with Crippen molar-refractivity contribution in [3.63, 3.8) is 0 Å². The van der Waals surface area contributed by atoms with E-state index in [-0.39, 0.29) is 5.91 Å². The predicted octanol–water partition coefficient (Wildman–Crippen LogP) is 2.25. The molecular formula is C18H35N3O. The maximum atomic E-state index is 12.1. The summed E-state index contributed by atoms with van der Waals surface area (Å²) in [6.45, 7) is 12.3. The minimum Gasteiger partial charge on any atom is -0.355 e. The Hall–Kier alpha value is -0.610. The topological polar surface area (TPSA) is 44.4 Å². The van der Waals surface area contributed by atoms with E-state index in [1.807, 2.05) is 0 Å². The van der Waals surface area contributed by atoms with E-state index >= 15 is 0 Å². The van der Waals surface area contributed by atoms with E-state index in [0.29, 0.717) is 24.3 Å². The zero-order valence-electron chi connectivity index (χ0n) is 14.7. The molecule has 128 valence electrons. The van der Waals surface area contributed by atoms with Crippen LogP contribution in [0.5, 0.6) is 0 Å². The highest BCUT2D eigenvalue weighted by atomic mass is 16.1. The summed E-state index contributed by atoms with van der Waals surface area (Å²) in [5.74, 6) is 2.39. The van der Waals surface area contributed by atoms with Gasteiger partial charge in [-0.3, -0.25) is 9.69 Å². The van der Waals surface area contributed by atoms with Crippen LogP contribution in [0, 0.1) is 17.8 Å². The lowest BCUT2D eigenvalue weighted by molar-refractivity contribution is -0.121.